The highest BCUT2D eigenvalue weighted by Crippen LogP contribution is 2.15. The average Bonchev–Trinajstić information content (AvgIpc) is 2.74. The van der Waals surface area contributed by atoms with Gasteiger partial charge in [-0.25, -0.2) is 0 Å². The summed E-state index contributed by atoms with van der Waals surface area (Å²) >= 11 is 0. The molecule has 106 valence electrons. The van der Waals surface area contributed by atoms with Gasteiger partial charge in [0.05, 0.1) is 0 Å². The fourth-order valence-corrected chi connectivity index (χ4v) is 2.26. The van der Waals surface area contributed by atoms with Gasteiger partial charge in [-0.15, -0.1) is 0 Å². The van der Waals surface area contributed by atoms with Crippen LogP contribution in [-0.4, -0.2) is 10.9 Å². The highest BCUT2D eigenvalue weighted by molar-refractivity contribution is 5.94. The Morgan fingerprint density at radius 1 is 1.20 bits per heavy atom. The van der Waals surface area contributed by atoms with Crippen LogP contribution in [0.3, 0.4) is 0 Å². The molecule has 1 aromatic heterocycles. The summed E-state index contributed by atoms with van der Waals surface area (Å²) in [4.78, 5) is 15.3. The third-order valence-electron chi connectivity index (χ3n) is 3.54. The van der Waals surface area contributed by atoms with E-state index in [2.05, 4.69) is 30.2 Å². The highest BCUT2D eigenvalue weighted by atomic mass is 16.1. The Bertz CT molecular complexity index is 594. The zero-order chi connectivity index (χ0) is 14.7. The molecule has 3 heteroatoms. The van der Waals surface area contributed by atoms with Gasteiger partial charge >= 0.3 is 0 Å². The van der Waals surface area contributed by atoms with Gasteiger partial charge in [0, 0.05) is 23.5 Å². The molecule has 0 spiro atoms. The number of carbonyl (C=O) groups is 1. The third-order valence-corrected chi connectivity index (χ3v) is 3.54. The van der Waals surface area contributed by atoms with Crippen LogP contribution in [0.15, 0.2) is 30.3 Å². The Balaban J connectivity index is 1.99. The van der Waals surface area contributed by atoms with E-state index in [4.69, 9.17) is 0 Å². The van der Waals surface area contributed by atoms with Crippen molar-refractivity contribution in [2.75, 3.05) is 0 Å². The number of hydrogen-bond acceptors (Lipinski definition) is 1. The first-order valence-electron chi connectivity index (χ1n) is 7.00. The molecule has 0 aliphatic heterocycles. The summed E-state index contributed by atoms with van der Waals surface area (Å²) in [6.07, 6.45) is 0. The van der Waals surface area contributed by atoms with E-state index in [0.717, 1.165) is 17.0 Å². The topological polar surface area (TPSA) is 44.9 Å². The number of aromatic amines is 1. The highest BCUT2D eigenvalue weighted by Gasteiger charge is 2.08. The first-order valence-corrected chi connectivity index (χ1v) is 7.00. The van der Waals surface area contributed by atoms with Crippen LogP contribution < -0.4 is 5.32 Å². The van der Waals surface area contributed by atoms with Gasteiger partial charge in [-0.05, 0) is 49.1 Å². The molecule has 2 N–H and O–H groups in total. The van der Waals surface area contributed by atoms with Crippen molar-refractivity contribution in [2.45, 2.75) is 40.2 Å². The maximum absolute atomic E-state index is 12.1. The zero-order valence-electron chi connectivity index (χ0n) is 12.6. The quantitative estimate of drug-likeness (QED) is 0.874. The molecule has 0 fully saturated rings. The molecule has 1 amide bonds. The largest absolute Gasteiger partial charge is 0.362 e. The minimum absolute atomic E-state index is 0.0291. The number of amides is 1. The smallest absolute Gasteiger partial charge is 0.251 e. The summed E-state index contributed by atoms with van der Waals surface area (Å²) in [5, 5.41) is 2.96. The number of benzene rings is 1. The predicted octanol–water partition coefficient (Wildman–Crippen LogP) is 3.68. The van der Waals surface area contributed by atoms with Crippen LogP contribution in [0.2, 0.25) is 0 Å². The second kappa shape index (κ2) is 5.95. The Hall–Kier alpha value is -2.03. The van der Waals surface area contributed by atoms with Gasteiger partial charge in [0.2, 0.25) is 0 Å². The second-order valence-electron chi connectivity index (χ2n) is 5.56. The van der Waals surface area contributed by atoms with Crippen LogP contribution in [0.4, 0.5) is 0 Å². The van der Waals surface area contributed by atoms with E-state index in [0.29, 0.717) is 18.0 Å². The van der Waals surface area contributed by atoms with Crippen molar-refractivity contribution < 1.29 is 4.79 Å². The van der Waals surface area contributed by atoms with Crippen LogP contribution in [0.25, 0.3) is 0 Å². The number of aryl methyl sites for hydroxylation is 2. The maximum Gasteiger partial charge on any atom is 0.251 e. The maximum atomic E-state index is 12.1. The summed E-state index contributed by atoms with van der Waals surface area (Å²) in [6.45, 7) is 8.88. The van der Waals surface area contributed by atoms with Gasteiger partial charge in [0.25, 0.3) is 5.91 Å². The molecule has 0 atom stereocenters. The normalized spacial score (nSPS) is 10.8. The molecule has 2 aromatic rings. The molecule has 0 radical (unpaired) electrons. The van der Waals surface area contributed by atoms with E-state index in [1.54, 1.807) is 0 Å². The molecular weight excluding hydrogens is 248 g/mol. The molecule has 20 heavy (non-hydrogen) atoms. The molecule has 0 unspecified atom stereocenters. The second-order valence-corrected chi connectivity index (χ2v) is 5.56. The average molecular weight is 270 g/mol. The van der Waals surface area contributed by atoms with Crippen molar-refractivity contribution in [3.05, 3.63) is 58.4 Å². The number of aromatic nitrogens is 1. The summed E-state index contributed by atoms with van der Waals surface area (Å²) in [7, 11) is 0. The molecular formula is C17H22N2O. The third kappa shape index (κ3) is 3.29. The minimum Gasteiger partial charge on any atom is -0.362 e. The lowest BCUT2D eigenvalue weighted by Gasteiger charge is -2.08. The number of nitrogens with one attached hydrogen (secondary N) is 2. The molecule has 2 rings (SSSR count). The molecule has 3 nitrogen and oxygen atoms in total. The fourth-order valence-electron chi connectivity index (χ4n) is 2.26. The lowest BCUT2D eigenvalue weighted by Crippen LogP contribution is -2.22. The molecule has 0 aliphatic carbocycles. The van der Waals surface area contributed by atoms with Crippen molar-refractivity contribution in [3.63, 3.8) is 0 Å². The monoisotopic (exact) mass is 270 g/mol. The van der Waals surface area contributed by atoms with Crippen LogP contribution >= 0.6 is 0 Å². The first-order chi connectivity index (χ1) is 9.47. The van der Waals surface area contributed by atoms with Gasteiger partial charge in [0.15, 0.2) is 0 Å². The number of rotatable bonds is 4. The number of hydrogen-bond donors (Lipinski definition) is 2. The predicted molar refractivity (Wildman–Crippen MR) is 82.0 cm³/mol. The standard InChI is InChI=1S/C17H22N2O/c1-11(2)14-5-7-15(8-6-14)17(20)18-10-16-9-12(3)19-13(16)4/h5-9,11,19H,10H2,1-4H3,(H,18,20). The van der Waals surface area contributed by atoms with Crippen molar-refractivity contribution >= 4 is 5.91 Å². The van der Waals surface area contributed by atoms with Crippen molar-refractivity contribution in [1.29, 1.82) is 0 Å². The lowest BCUT2D eigenvalue weighted by molar-refractivity contribution is 0.0951. The minimum atomic E-state index is -0.0291. The molecule has 0 bridgehead atoms. The van der Waals surface area contributed by atoms with E-state index in [1.807, 2.05) is 38.1 Å². The Kier molecular flexibility index (Phi) is 4.28. The summed E-state index contributed by atoms with van der Waals surface area (Å²) in [5.74, 6) is 0.455. The van der Waals surface area contributed by atoms with E-state index in [1.165, 1.54) is 5.56 Å². The van der Waals surface area contributed by atoms with E-state index < -0.39 is 0 Å². The SMILES string of the molecule is Cc1cc(CNC(=O)c2ccc(C(C)C)cc2)c(C)[nH]1. The summed E-state index contributed by atoms with van der Waals surface area (Å²) in [6, 6.07) is 9.88. The molecule has 0 saturated heterocycles. The van der Waals surface area contributed by atoms with Gasteiger partial charge in [-0.3, -0.25) is 4.79 Å². The molecule has 0 aliphatic rings. The van der Waals surface area contributed by atoms with Crippen LogP contribution in [0, 0.1) is 13.8 Å². The van der Waals surface area contributed by atoms with Gasteiger partial charge < -0.3 is 10.3 Å². The van der Waals surface area contributed by atoms with Gasteiger partial charge in [-0.1, -0.05) is 26.0 Å². The van der Waals surface area contributed by atoms with Crippen molar-refractivity contribution in [1.82, 2.24) is 10.3 Å². The van der Waals surface area contributed by atoms with Crippen molar-refractivity contribution in [2.24, 2.45) is 0 Å². The zero-order valence-corrected chi connectivity index (χ0v) is 12.6. The van der Waals surface area contributed by atoms with Crippen LogP contribution in [0.1, 0.15) is 52.6 Å². The van der Waals surface area contributed by atoms with Crippen LogP contribution in [0.5, 0.6) is 0 Å². The number of carbonyl (C=O) groups excluding carboxylic acids is 1. The van der Waals surface area contributed by atoms with Gasteiger partial charge in [-0.2, -0.15) is 0 Å². The molecule has 1 heterocycles. The Morgan fingerprint density at radius 2 is 1.85 bits per heavy atom. The van der Waals surface area contributed by atoms with E-state index >= 15 is 0 Å². The van der Waals surface area contributed by atoms with Crippen molar-refractivity contribution in [3.8, 4) is 0 Å². The fraction of sp³-hybridized carbons (Fsp3) is 0.353. The molecule has 0 saturated carbocycles. The lowest BCUT2D eigenvalue weighted by atomic mass is 10.0. The van der Waals surface area contributed by atoms with Crippen LogP contribution in [-0.2, 0) is 6.54 Å². The Morgan fingerprint density at radius 3 is 2.35 bits per heavy atom. The van der Waals surface area contributed by atoms with Gasteiger partial charge in [0.1, 0.15) is 0 Å². The summed E-state index contributed by atoms with van der Waals surface area (Å²) in [5.41, 5.74) is 5.32. The van der Waals surface area contributed by atoms with E-state index in [-0.39, 0.29) is 5.91 Å². The summed E-state index contributed by atoms with van der Waals surface area (Å²) < 4.78 is 0. The number of H-pyrrole nitrogens is 1. The Labute approximate surface area is 120 Å². The molecule has 1 aromatic carbocycles. The first kappa shape index (κ1) is 14.4. The van der Waals surface area contributed by atoms with E-state index in [9.17, 15) is 4.79 Å².